The van der Waals surface area contributed by atoms with Gasteiger partial charge in [0.25, 0.3) is 0 Å². The van der Waals surface area contributed by atoms with Crippen LogP contribution in [0.3, 0.4) is 0 Å². The predicted octanol–water partition coefficient (Wildman–Crippen LogP) is 3.55. The third-order valence-electron chi connectivity index (χ3n) is 3.29. The maximum absolute atomic E-state index is 6.06. The summed E-state index contributed by atoms with van der Waals surface area (Å²) in [5.41, 5.74) is 11.6. The van der Waals surface area contributed by atoms with Gasteiger partial charge in [-0.25, -0.2) is 0 Å². The van der Waals surface area contributed by atoms with Crippen LogP contribution in [0.1, 0.15) is 17.2 Å². The minimum atomic E-state index is -0.106. The van der Waals surface area contributed by atoms with Crippen LogP contribution in [0.15, 0.2) is 45.3 Å². The van der Waals surface area contributed by atoms with E-state index in [4.69, 9.17) is 16.3 Å². The van der Waals surface area contributed by atoms with Crippen LogP contribution < -0.4 is 21.7 Å². The molecule has 0 saturated heterocycles. The summed E-state index contributed by atoms with van der Waals surface area (Å²) in [6.07, 6.45) is 0.666. The van der Waals surface area contributed by atoms with E-state index in [1.807, 2.05) is 36.4 Å². The molecular weight excluding hydrogens is 398 g/mol. The average molecular weight is 415 g/mol. The van der Waals surface area contributed by atoms with E-state index in [2.05, 4.69) is 37.3 Å². The van der Waals surface area contributed by atoms with Gasteiger partial charge in [-0.2, -0.15) is 0 Å². The van der Waals surface area contributed by atoms with E-state index < -0.39 is 0 Å². The maximum Gasteiger partial charge on any atom is 0.122 e. The molecule has 1 atom stereocenters. The van der Waals surface area contributed by atoms with E-state index >= 15 is 0 Å². The van der Waals surface area contributed by atoms with Crippen molar-refractivity contribution in [2.75, 3.05) is 12.8 Å². The highest BCUT2D eigenvalue weighted by atomic mass is 79.9. The molecule has 0 aromatic heterocycles. The van der Waals surface area contributed by atoms with Crippen molar-refractivity contribution in [2.45, 2.75) is 12.5 Å². The van der Waals surface area contributed by atoms with Crippen LogP contribution in [0, 0.1) is 0 Å². The molecule has 0 aliphatic heterocycles. The fraction of sp³-hybridized carbons (Fsp3) is 0.200. The first kappa shape index (κ1) is 16.3. The van der Waals surface area contributed by atoms with E-state index in [1.54, 1.807) is 7.11 Å². The largest absolute Gasteiger partial charge is 0.496 e. The number of hydrogen-bond acceptors (Lipinski definition) is 4. The lowest BCUT2D eigenvalue weighted by atomic mass is 9.97. The van der Waals surface area contributed by atoms with Crippen LogP contribution in [0.2, 0.25) is 0 Å². The topological polar surface area (TPSA) is 73.3 Å². The van der Waals surface area contributed by atoms with Crippen LogP contribution in [0.4, 0.5) is 5.69 Å². The second kappa shape index (κ2) is 7.26. The lowest BCUT2D eigenvalue weighted by Crippen LogP contribution is -2.30. The van der Waals surface area contributed by atoms with Crippen LogP contribution >= 0.6 is 31.9 Å². The second-order valence-corrected chi connectivity index (χ2v) is 6.48. The van der Waals surface area contributed by atoms with Gasteiger partial charge in [0.05, 0.1) is 13.2 Å². The van der Waals surface area contributed by atoms with Crippen molar-refractivity contribution in [3.63, 3.8) is 0 Å². The number of anilines is 1. The zero-order valence-electron chi connectivity index (χ0n) is 11.6. The molecule has 0 saturated carbocycles. The Balaban J connectivity index is 2.35. The van der Waals surface area contributed by atoms with E-state index in [0.717, 1.165) is 25.8 Å². The van der Waals surface area contributed by atoms with Gasteiger partial charge in [-0.05, 0) is 53.9 Å². The molecule has 0 amide bonds. The number of hydrogen-bond donors (Lipinski definition) is 3. The summed E-state index contributed by atoms with van der Waals surface area (Å²) in [5, 5.41) is 0. The Hall–Kier alpha value is -1.08. The summed E-state index contributed by atoms with van der Waals surface area (Å²) in [6.45, 7) is 0. The highest BCUT2D eigenvalue weighted by molar-refractivity contribution is 9.10. The highest BCUT2D eigenvalue weighted by Gasteiger charge is 2.16. The lowest BCUT2D eigenvalue weighted by molar-refractivity contribution is 0.405. The minimum Gasteiger partial charge on any atom is -0.496 e. The molecule has 2 aromatic carbocycles. The van der Waals surface area contributed by atoms with Gasteiger partial charge in [0.2, 0.25) is 0 Å². The molecule has 112 valence electrons. The standard InChI is InChI=1S/C15H17Br2N3O/c1-21-15-5-3-10(16)6-9(15)7-14(20-19)12-8-11(17)2-4-13(12)18/h2-6,8,14,20H,7,18-19H2,1H3. The quantitative estimate of drug-likeness (QED) is 0.397. The predicted molar refractivity (Wildman–Crippen MR) is 93.0 cm³/mol. The second-order valence-electron chi connectivity index (χ2n) is 4.65. The third-order valence-corrected chi connectivity index (χ3v) is 4.28. The first-order chi connectivity index (χ1) is 10.0. The number of halogens is 2. The molecule has 4 nitrogen and oxygen atoms in total. The molecule has 5 N–H and O–H groups in total. The van der Waals surface area contributed by atoms with Crippen molar-refractivity contribution >= 4 is 37.5 Å². The Bertz CT molecular complexity index is 634. The Kier molecular flexibility index (Phi) is 5.64. The number of nitrogens with one attached hydrogen (secondary N) is 1. The van der Waals surface area contributed by atoms with Crippen molar-refractivity contribution in [3.05, 3.63) is 56.5 Å². The normalized spacial score (nSPS) is 12.2. The van der Waals surface area contributed by atoms with E-state index in [-0.39, 0.29) is 6.04 Å². The Morgan fingerprint density at radius 2 is 1.81 bits per heavy atom. The van der Waals surface area contributed by atoms with Gasteiger partial charge in [-0.1, -0.05) is 31.9 Å². The zero-order valence-corrected chi connectivity index (χ0v) is 14.7. The molecule has 2 aromatic rings. The van der Waals surface area contributed by atoms with Gasteiger partial charge >= 0.3 is 0 Å². The first-order valence-corrected chi connectivity index (χ1v) is 7.97. The molecule has 2 rings (SSSR count). The molecule has 1 unspecified atom stereocenters. The lowest BCUT2D eigenvalue weighted by Gasteiger charge is -2.20. The van der Waals surface area contributed by atoms with Gasteiger partial charge in [0, 0.05) is 14.6 Å². The summed E-state index contributed by atoms with van der Waals surface area (Å²) < 4.78 is 7.37. The molecule has 0 heterocycles. The zero-order chi connectivity index (χ0) is 15.4. The summed E-state index contributed by atoms with van der Waals surface area (Å²) in [4.78, 5) is 0. The van der Waals surface area contributed by atoms with E-state index in [1.165, 1.54) is 0 Å². The number of methoxy groups -OCH3 is 1. The number of nitrogen functional groups attached to an aromatic ring is 1. The van der Waals surface area contributed by atoms with Gasteiger partial charge in [0.1, 0.15) is 5.75 Å². The van der Waals surface area contributed by atoms with Crippen LogP contribution in [0.5, 0.6) is 5.75 Å². The van der Waals surface area contributed by atoms with Crippen molar-refractivity contribution < 1.29 is 4.74 Å². The molecule has 0 radical (unpaired) electrons. The molecule has 0 spiro atoms. The highest BCUT2D eigenvalue weighted by Crippen LogP contribution is 2.31. The van der Waals surface area contributed by atoms with Gasteiger partial charge in [0.15, 0.2) is 0 Å². The van der Waals surface area contributed by atoms with E-state index in [0.29, 0.717) is 12.1 Å². The van der Waals surface area contributed by atoms with Crippen LogP contribution in [-0.2, 0) is 6.42 Å². The van der Waals surface area contributed by atoms with Crippen molar-refractivity contribution in [1.29, 1.82) is 0 Å². The smallest absolute Gasteiger partial charge is 0.122 e. The molecule has 21 heavy (non-hydrogen) atoms. The Labute approximate surface area is 141 Å². The molecule has 0 aliphatic carbocycles. The SMILES string of the molecule is COc1ccc(Br)cc1CC(NN)c1cc(Br)ccc1N. The van der Waals surface area contributed by atoms with Gasteiger partial charge < -0.3 is 10.5 Å². The molecule has 0 bridgehead atoms. The molecule has 0 aliphatic rings. The van der Waals surface area contributed by atoms with Crippen molar-refractivity contribution in [3.8, 4) is 5.75 Å². The third kappa shape index (κ3) is 3.97. The van der Waals surface area contributed by atoms with Crippen molar-refractivity contribution in [2.24, 2.45) is 5.84 Å². The van der Waals surface area contributed by atoms with Crippen LogP contribution in [0.25, 0.3) is 0 Å². The summed E-state index contributed by atoms with van der Waals surface area (Å²) >= 11 is 6.94. The first-order valence-electron chi connectivity index (χ1n) is 6.38. The Morgan fingerprint density at radius 1 is 1.14 bits per heavy atom. The van der Waals surface area contributed by atoms with Gasteiger partial charge in [-0.15, -0.1) is 0 Å². The fourth-order valence-electron chi connectivity index (χ4n) is 2.23. The summed E-state index contributed by atoms with van der Waals surface area (Å²) in [7, 11) is 1.66. The molecule has 6 heteroatoms. The maximum atomic E-state index is 6.06. The Morgan fingerprint density at radius 3 is 2.48 bits per heavy atom. The number of ether oxygens (including phenoxy) is 1. The molecule has 0 fully saturated rings. The number of benzene rings is 2. The molecular formula is C15H17Br2N3O. The fourth-order valence-corrected chi connectivity index (χ4v) is 3.02. The van der Waals surface area contributed by atoms with Gasteiger partial charge in [-0.3, -0.25) is 11.3 Å². The number of nitrogens with two attached hydrogens (primary N) is 2. The van der Waals surface area contributed by atoms with Crippen LogP contribution in [-0.4, -0.2) is 7.11 Å². The number of rotatable bonds is 5. The average Bonchev–Trinajstić information content (AvgIpc) is 2.47. The summed E-state index contributed by atoms with van der Waals surface area (Å²) in [6, 6.07) is 11.5. The van der Waals surface area contributed by atoms with E-state index in [9.17, 15) is 0 Å². The summed E-state index contributed by atoms with van der Waals surface area (Å²) in [5.74, 6) is 6.55. The minimum absolute atomic E-state index is 0.106. The monoisotopic (exact) mass is 413 g/mol. The van der Waals surface area contributed by atoms with Crippen molar-refractivity contribution in [1.82, 2.24) is 5.43 Å². The number of hydrazine groups is 1.